The van der Waals surface area contributed by atoms with Gasteiger partial charge in [-0.25, -0.2) is 13.1 Å². The average Bonchev–Trinajstić information content (AvgIpc) is 2.14. The fourth-order valence-corrected chi connectivity index (χ4v) is 4.29. The molecule has 0 radical (unpaired) electrons. The SMILES string of the molecule is C=CC(C)NS(=O)(=O)c1c(Cl)cc(Br)cc1Cl. The van der Waals surface area contributed by atoms with E-state index in [0.29, 0.717) is 4.47 Å². The summed E-state index contributed by atoms with van der Waals surface area (Å²) in [5.41, 5.74) is 0. The first-order valence-electron chi connectivity index (χ1n) is 4.57. The molecule has 1 N–H and O–H groups in total. The minimum Gasteiger partial charge on any atom is -0.207 e. The van der Waals surface area contributed by atoms with Crippen LogP contribution in [-0.4, -0.2) is 14.5 Å². The molecule has 0 fully saturated rings. The molecule has 0 saturated heterocycles. The Labute approximate surface area is 119 Å². The van der Waals surface area contributed by atoms with Gasteiger partial charge in [0, 0.05) is 10.5 Å². The number of hydrogen-bond acceptors (Lipinski definition) is 2. The molecule has 0 bridgehead atoms. The van der Waals surface area contributed by atoms with E-state index < -0.39 is 16.1 Å². The van der Waals surface area contributed by atoms with Gasteiger partial charge in [0.05, 0.1) is 10.0 Å². The van der Waals surface area contributed by atoms with Crippen LogP contribution in [0.5, 0.6) is 0 Å². The first-order valence-corrected chi connectivity index (χ1v) is 7.60. The topological polar surface area (TPSA) is 46.2 Å². The van der Waals surface area contributed by atoms with Crippen LogP contribution < -0.4 is 4.72 Å². The fraction of sp³-hybridized carbons (Fsp3) is 0.200. The highest BCUT2D eigenvalue weighted by atomic mass is 79.9. The minimum atomic E-state index is -3.76. The summed E-state index contributed by atoms with van der Waals surface area (Å²) in [5, 5.41) is 0.126. The molecule has 1 aromatic carbocycles. The lowest BCUT2D eigenvalue weighted by atomic mass is 10.4. The third-order valence-corrected chi connectivity index (χ3v) is 4.86. The molecule has 17 heavy (non-hydrogen) atoms. The first-order chi connectivity index (χ1) is 7.77. The summed E-state index contributed by atoms with van der Waals surface area (Å²) in [6, 6.07) is 2.54. The minimum absolute atomic E-state index is 0.0631. The summed E-state index contributed by atoms with van der Waals surface area (Å²) in [6.07, 6.45) is 1.47. The van der Waals surface area contributed by atoms with E-state index >= 15 is 0 Å². The first kappa shape index (κ1) is 15.0. The van der Waals surface area contributed by atoms with Crippen LogP contribution in [0.3, 0.4) is 0 Å². The van der Waals surface area contributed by atoms with Crippen molar-refractivity contribution in [2.75, 3.05) is 0 Å². The monoisotopic (exact) mass is 357 g/mol. The van der Waals surface area contributed by atoms with Crippen molar-refractivity contribution < 1.29 is 8.42 Å². The molecule has 0 amide bonds. The Hall–Kier alpha value is -0.0700. The summed E-state index contributed by atoms with van der Waals surface area (Å²) in [5.74, 6) is 0. The van der Waals surface area contributed by atoms with Crippen molar-refractivity contribution in [1.29, 1.82) is 0 Å². The number of rotatable bonds is 4. The van der Waals surface area contributed by atoms with Crippen molar-refractivity contribution in [3.8, 4) is 0 Å². The molecule has 0 aromatic heterocycles. The van der Waals surface area contributed by atoms with Gasteiger partial charge in [0.25, 0.3) is 0 Å². The van der Waals surface area contributed by atoms with Crippen LogP contribution in [0.25, 0.3) is 0 Å². The molecule has 3 nitrogen and oxygen atoms in total. The van der Waals surface area contributed by atoms with Crippen molar-refractivity contribution in [1.82, 2.24) is 4.72 Å². The second-order valence-electron chi connectivity index (χ2n) is 3.34. The van der Waals surface area contributed by atoms with E-state index in [1.807, 2.05) is 0 Å². The van der Waals surface area contributed by atoms with Crippen molar-refractivity contribution in [3.63, 3.8) is 0 Å². The van der Waals surface area contributed by atoms with Gasteiger partial charge < -0.3 is 0 Å². The molecule has 0 spiro atoms. The van der Waals surface area contributed by atoms with Crippen LogP contribution >= 0.6 is 39.1 Å². The summed E-state index contributed by atoms with van der Waals surface area (Å²) in [4.78, 5) is -0.127. The second kappa shape index (κ2) is 5.71. The van der Waals surface area contributed by atoms with Crippen LogP contribution in [0.15, 0.2) is 34.2 Å². The van der Waals surface area contributed by atoms with Crippen LogP contribution in [0.1, 0.15) is 6.92 Å². The van der Waals surface area contributed by atoms with E-state index in [0.717, 1.165) is 0 Å². The predicted molar refractivity (Wildman–Crippen MR) is 74.1 cm³/mol. The lowest BCUT2D eigenvalue weighted by Crippen LogP contribution is -2.31. The Balaban J connectivity index is 3.29. The van der Waals surface area contributed by atoms with Crippen LogP contribution in [0.4, 0.5) is 0 Å². The number of halogens is 3. The zero-order valence-electron chi connectivity index (χ0n) is 8.88. The predicted octanol–water partition coefficient (Wildman–Crippen LogP) is 3.61. The highest BCUT2D eigenvalue weighted by Crippen LogP contribution is 2.32. The Kier molecular flexibility index (Phi) is 5.04. The molecule has 0 aliphatic heterocycles. The van der Waals surface area contributed by atoms with Gasteiger partial charge in [-0.05, 0) is 19.1 Å². The lowest BCUT2D eigenvalue weighted by molar-refractivity contribution is 0.576. The number of sulfonamides is 1. The molecule has 0 aliphatic rings. The maximum Gasteiger partial charge on any atom is 0.244 e. The van der Waals surface area contributed by atoms with Gasteiger partial charge in [-0.3, -0.25) is 0 Å². The summed E-state index contributed by atoms with van der Waals surface area (Å²) >= 11 is 15.0. The Morgan fingerprint density at radius 3 is 2.29 bits per heavy atom. The van der Waals surface area contributed by atoms with E-state index in [2.05, 4.69) is 27.2 Å². The smallest absolute Gasteiger partial charge is 0.207 e. The van der Waals surface area contributed by atoms with E-state index in [-0.39, 0.29) is 14.9 Å². The van der Waals surface area contributed by atoms with Gasteiger partial charge in [0.15, 0.2) is 0 Å². The molecule has 1 aromatic rings. The number of benzene rings is 1. The van der Waals surface area contributed by atoms with Crippen molar-refractivity contribution >= 4 is 49.2 Å². The molecule has 0 aliphatic carbocycles. The van der Waals surface area contributed by atoms with Crippen LogP contribution in [0, 0.1) is 0 Å². The largest absolute Gasteiger partial charge is 0.244 e. The maximum atomic E-state index is 12.0. The average molecular weight is 359 g/mol. The van der Waals surface area contributed by atoms with Gasteiger partial charge in [0.1, 0.15) is 4.90 Å². The zero-order chi connectivity index (χ0) is 13.2. The van der Waals surface area contributed by atoms with Crippen LogP contribution in [-0.2, 0) is 10.0 Å². The Bertz CT molecular complexity index is 522. The number of hydrogen-bond donors (Lipinski definition) is 1. The normalized spacial score (nSPS) is 13.4. The van der Waals surface area contributed by atoms with Crippen molar-refractivity contribution in [2.45, 2.75) is 17.9 Å². The molecular weight excluding hydrogens is 349 g/mol. The van der Waals surface area contributed by atoms with Gasteiger partial charge in [-0.2, -0.15) is 0 Å². The van der Waals surface area contributed by atoms with Gasteiger partial charge in [0.2, 0.25) is 10.0 Å². The summed E-state index contributed by atoms with van der Waals surface area (Å²) < 4.78 is 27.0. The molecule has 0 saturated carbocycles. The lowest BCUT2D eigenvalue weighted by Gasteiger charge is -2.13. The van der Waals surface area contributed by atoms with E-state index in [9.17, 15) is 8.42 Å². The highest BCUT2D eigenvalue weighted by Gasteiger charge is 2.23. The third-order valence-electron chi connectivity index (χ3n) is 1.93. The molecule has 94 valence electrons. The third kappa shape index (κ3) is 3.69. The fourth-order valence-electron chi connectivity index (χ4n) is 1.14. The van der Waals surface area contributed by atoms with Crippen LogP contribution in [0.2, 0.25) is 10.0 Å². The van der Waals surface area contributed by atoms with Crippen molar-refractivity contribution in [2.24, 2.45) is 0 Å². The van der Waals surface area contributed by atoms with E-state index in [4.69, 9.17) is 23.2 Å². The molecule has 1 rings (SSSR count). The zero-order valence-corrected chi connectivity index (χ0v) is 12.8. The summed E-state index contributed by atoms with van der Waals surface area (Å²) in [6.45, 7) is 5.15. The van der Waals surface area contributed by atoms with Gasteiger partial charge in [-0.15, -0.1) is 6.58 Å². The molecule has 0 heterocycles. The highest BCUT2D eigenvalue weighted by molar-refractivity contribution is 9.10. The van der Waals surface area contributed by atoms with Gasteiger partial charge in [-0.1, -0.05) is 45.2 Å². The maximum absolute atomic E-state index is 12.0. The quantitative estimate of drug-likeness (QED) is 0.835. The van der Waals surface area contributed by atoms with Gasteiger partial charge >= 0.3 is 0 Å². The molecule has 7 heteroatoms. The standard InChI is InChI=1S/C10H10BrCl2NO2S/c1-3-6(2)14-17(15,16)10-8(12)4-7(11)5-9(10)13/h3-6,14H,1H2,2H3. The van der Waals surface area contributed by atoms with Crippen molar-refractivity contribution in [3.05, 3.63) is 39.3 Å². The number of nitrogens with one attached hydrogen (secondary N) is 1. The van der Waals surface area contributed by atoms with E-state index in [1.54, 1.807) is 6.92 Å². The Morgan fingerprint density at radius 1 is 1.41 bits per heavy atom. The Morgan fingerprint density at radius 2 is 1.88 bits per heavy atom. The van der Waals surface area contributed by atoms with E-state index in [1.165, 1.54) is 18.2 Å². The molecular formula is C10H10BrCl2NO2S. The molecule has 1 unspecified atom stereocenters. The second-order valence-corrected chi connectivity index (χ2v) is 6.73. The summed E-state index contributed by atoms with van der Waals surface area (Å²) in [7, 11) is -3.76. The molecule has 1 atom stereocenters.